The van der Waals surface area contributed by atoms with Gasteiger partial charge < -0.3 is 0 Å². The van der Waals surface area contributed by atoms with Crippen LogP contribution in [0.2, 0.25) is 0 Å². The Hall–Kier alpha value is -0.780. The first kappa shape index (κ1) is 10.3. The third-order valence-corrected chi connectivity index (χ3v) is 2.95. The summed E-state index contributed by atoms with van der Waals surface area (Å²) in [6.07, 6.45) is 11.4. The molecule has 1 fully saturated rings. The molecule has 0 amide bonds. The quantitative estimate of drug-likeness (QED) is 0.568. The van der Waals surface area contributed by atoms with Crippen molar-refractivity contribution in [3.8, 4) is 0 Å². The lowest BCUT2D eigenvalue weighted by molar-refractivity contribution is 0.318. The van der Waals surface area contributed by atoms with E-state index in [1.165, 1.54) is 31.3 Å². The van der Waals surface area contributed by atoms with E-state index in [1.807, 2.05) is 12.2 Å². The first-order valence-electron chi connectivity index (χ1n) is 5.23. The second-order valence-corrected chi connectivity index (χ2v) is 4.08. The third kappa shape index (κ3) is 2.87. The highest BCUT2D eigenvalue weighted by Gasteiger charge is 2.20. The second-order valence-electron chi connectivity index (χ2n) is 4.08. The fourth-order valence-corrected chi connectivity index (χ4v) is 2.24. The van der Waals surface area contributed by atoms with Crippen LogP contribution in [0.1, 0.15) is 32.6 Å². The van der Waals surface area contributed by atoms with Gasteiger partial charge in [-0.15, -0.1) is 0 Å². The topological polar surface area (TPSA) is 0 Å². The average molecular weight is 176 g/mol. The van der Waals surface area contributed by atoms with Gasteiger partial charge in [-0.05, 0) is 30.3 Å². The molecule has 0 aliphatic heterocycles. The van der Waals surface area contributed by atoms with Gasteiger partial charge in [0.25, 0.3) is 0 Å². The van der Waals surface area contributed by atoms with Crippen molar-refractivity contribution in [3.63, 3.8) is 0 Å². The van der Waals surface area contributed by atoms with Gasteiger partial charge in [-0.2, -0.15) is 0 Å². The summed E-state index contributed by atoms with van der Waals surface area (Å²) in [4.78, 5) is 0. The van der Waals surface area contributed by atoms with E-state index in [0.717, 1.165) is 11.8 Å². The molecule has 0 aromatic carbocycles. The van der Waals surface area contributed by atoms with Crippen molar-refractivity contribution in [1.29, 1.82) is 0 Å². The molecule has 0 heteroatoms. The monoisotopic (exact) mass is 176 g/mol. The number of hydrogen-bond acceptors (Lipinski definition) is 0. The third-order valence-electron chi connectivity index (χ3n) is 2.95. The zero-order chi connectivity index (χ0) is 9.68. The predicted molar refractivity (Wildman–Crippen MR) is 59.6 cm³/mol. The van der Waals surface area contributed by atoms with Crippen molar-refractivity contribution in [2.45, 2.75) is 32.6 Å². The lowest BCUT2D eigenvalue weighted by Gasteiger charge is -2.27. The molecule has 0 bridgehead atoms. The number of rotatable bonds is 3. The molecule has 0 heterocycles. The van der Waals surface area contributed by atoms with Gasteiger partial charge in [0, 0.05) is 0 Å². The molecule has 2 unspecified atom stereocenters. The molecule has 0 nitrogen and oxygen atoms in total. The molecule has 0 N–H and O–H groups in total. The van der Waals surface area contributed by atoms with Crippen LogP contribution in [0.25, 0.3) is 0 Å². The first-order valence-corrected chi connectivity index (χ1v) is 5.23. The maximum absolute atomic E-state index is 3.86. The molecule has 13 heavy (non-hydrogen) atoms. The fraction of sp³-hybridized carbons (Fsp3) is 0.538. The smallest absolute Gasteiger partial charge is 0.0160 e. The van der Waals surface area contributed by atoms with Gasteiger partial charge in [-0.3, -0.25) is 0 Å². The minimum Gasteiger partial charge on any atom is -0.0991 e. The van der Waals surface area contributed by atoms with E-state index in [9.17, 15) is 0 Å². The Morgan fingerprint density at radius 3 is 2.62 bits per heavy atom. The van der Waals surface area contributed by atoms with Crippen LogP contribution in [-0.4, -0.2) is 0 Å². The Labute approximate surface area is 82.0 Å². The molecule has 1 aliphatic rings. The highest BCUT2D eigenvalue weighted by molar-refractivity contribution is 5.24. The molecule has 2 atom stereocenters. The summed E-state index contributed by atoms with van der Waals surface area (Å²) in [5, 5.41) is 0. The summed E-state index contributed by atoms with van der Waals surface area (Å²) < 4.78 is 0. The Morgan fingerprint density at radius 1 is 1.31 bits per heavy atom. The Bertz CT molecular complexity index is 210. The largest absolute Gasteiger partial charge is 0.0991 e. The van der Waals surface area contributed by atoms with Gasteiger partial charge in [-0.1, -0.05) is 51.2 Å². The van der Waals surface area contributed by atoms with Gasteiger partial charge >= 0.3 is 0 Å². The van der Waals surface area contributed by atoms with Gasteiger partial charge in [-0.25, -0.2) is 0 Å². The van der Waals surface area contributed by atoms with Crippen molar-refractivity contribution in [2.24, 2.45) is 11.8 Å². The van der Waals surface area contributed by atoms with Gasteiger partial charge in [0.15, 0.2) is 0 Å². The van der Waals surface area contributed by atoms with Crippen LogP contribution in [0, 0.1) is 11.8 Å². The molecule has 0 aromatic heterocycles. The minimum atomic E-state index is 0.735. The van der Waals surface area contributed by atoms with E-state index in [0.29, 0.717) is 0 Å². The number of hydrogen-bond donors (Lipinski definition) is 0. The van der Waals surface area contributed by atoms with Crippen molar-refractivity contribution < 1.29 is 0 Å². The minimum absolute atomic E-state index is 0.735. The summed E-state index contributed by atoms with van der Waals surface area (Å²) >= 11 is 0. The van der Waals surface area contributed by atoms with E-state index < -0.39 is 0 Å². The average Bonchev–Trinajstić information content (AvgIpc) is 2.14. The van der Waals surface area contributed by atoms with E-state index in [1.54, 1.807) is 0 Å². The van der Waals surface area contributed by atoms with Crippen LogP contribution in [-0.2, 0) is 0 Å². The van der Waals surface area contributed by atoms with Crippen molar-refractivity contribution in [1.82, 2.24) is 0 Å². The van der Waals surface area contributed by atoms with Crippen LogP contribution >= 0.6 is 0 Å². The van der Waals surface area contributed by atoms with Gasteiger partial charge in [0.1, 0.15) is 0 Å². The molecule has 1 saturated carbocycles. The van der Waals surface area contributed by atoms with Gasteiger partial charge in [0.05, 0.1) is 0 Å². The van der Waals surface area contributed by atoms with E-state index in [2.05, 4.69) is 26.2 Å². The molecule has 0 aromatic rings. The van der Waals surface area contributed by atoms with Crippen molar-refractivity contribution in [3.05, 3.63) is 37.0 Å². The van der Waals surface area contributed by atoms with Crippen LogP contribution in [0.15, 0.2) is 37.0 Å². The predicted octanol–water partition coefficient (Wildman–Crippen LogP) is 4.11. The first-order chi connectivity index (χ1) is 6.27. The molecule has 0 radical (unpaired) electrons. The Balaban J connectivity index is 2.62. The van der Waals surface area contributed by atoms with Crippen LogP contribution in [0.4, 0.5) is 0 Å². The molecule has 0 saturated heterocycles. The lowest BCUT2D eigenvalue weighted by Crippen LogP contribution is -2.14. The molecule has 0 spiro atoms. The summed E-state index contributed by atoms with van der Waals surface area (Å²) in [6, 6.07) is 0. The Morgan fingerprint density at radius 2 is 2.08 bits per heavy atom. The van der Waals surface area contributed by atoms with E-state index in [4.69, 9.17) is 0 Å². The summed E-state index contributed by atoms with van der Waals surface area (Å²) in [5.41, 5.74) is 1.38. The van der Waals surface area contributed by atoms with E-state index >= 15 is 0 Å². The van der Waals surface area contributed by atoms with Crippen molar-refractivity contribution >= 4 is 0 Å². The van der Waals surface area contributed by atoms with E-state index in [-0.39, 0.29) is 0 Å². The Kier molecular flexibility index (Phi) is 4.01. The zero-order valence-electron chi connectivity index (χ0n) is 8.63. The van der Waals surface area contributed by atoms with Crippen LogP contribution < -0.4 is 0 Å². The van der Waals surface area contributed by atoms with Gasteiger partial charge in [0.2, 0.25) is 0 Å². The molecule has 1 rings (SSSR count). The maximum atomic E-state index is 3.86. The van der Waals surface area contributed by atoms with Crippen LogP contribution in [0.3, 0.4) is 0 Å². The maximum Gasteiger partial charge on any atom is -0.0160 e. The lowest BCUT2D eigenvalue weighted by atomic mass is 9.78. The standard InChI is InChI=1S/C13H20/c1-4-7-12(5-2)13-9-6-8-11(3)10-13/h4-5,7,11,13H,1-2,6,8-10H2,3H3/b12-7+. The number of allylic oxidation sites excluding steroid dienone is 4. The molecule has 1 aliphatic carbocycles. The zero-order valence-corrected chi connectivity index (χ0v) is 8.63. The van der Waals surface area contributed by atoms with Crippen LogP contribution in [0.5, 0.6) is 0 Å². The molecular weight excluding hydrogens is 156 g/mol. The molecular formula is C13H20. The summed E-state index contributed by atoms with van der Waals surface area (Å²) in [7, 11) is 0. The summed E-state index contributed by atoms with van der Waals surface area (Å²) in [5.74, 6) is 1.62. The highest BCUT2D eigenvalue weighted by Crippen LogP contribution is 2.33. The normalized spacial score (nSPS) is 29.8. The SMILES string of the molecule is C=C/C=C(\C=C)C1CCCC(C)C1. The fourth-order valence-electron chi connectivity index (χ4n) is 2.24. The summed E-state index contributed by atoms with van der Waals surface area (Å²) in [6.45, 7) is 9.95. The molecule has 72 valence electrons. The van der Waals surface area contributed by atoms with Crippen molar-refractivity contribution in [2.75, 3.05) is 0 Å². The second kappa shape index (κ2) is 5.06. The highest BCUT2D eigenvalue weighted by atomic mass is 14.2.